The maximum atomic E-state index is 12.2. The van der Waals surface area contributed by atoms with Crippen LogP contribution in [0, 0.1) is 0 Å². The summed E-state index contributed by atoms with van der Waals surface area (Å²) in [5, 5.41) is 4.51. The fraction of sp³-hybridized carbons (Fsp3) is 0.346. The molecule has 1 heterocycles. The normalized spacial score (nSPS) is 12.0. The largest absolute Gasteiger partial charge is 0.388 e. The zero-order chi connectivity index (χ0) is 21.5. The van der Waals surface area contributed by atoms with Crippen molar-refractivity contribution in [2.75, 3.05) is 33.0 Å². The number of carbonyl (C=O) groups is 1. The molecule has 2 N–H and O–H groups in total. The molecule has 158 valence electrons. The Bertz CT molecular complexity index is 1030. The number of aromatic nitrogens is 1. The van der Waals surface area contributed by atoms with Crippen LogP contribution in [-0.4, -0.2) is 43.9 Å². The van der Waals surface area contributed by atoms with E-state index in [4.69, 9.17) is 0 Å². The van der Waals surface area contributed by atoms with E-state index in [1.54, 1.807) is 0 Å². The number of rotatable bonds is 10. The molecule has 3 rings (SSSR count). The number of nitrogens with one attached hydrogen (secondary N) is 2. The molecule has 30 heavy (non-hydrogen) atoms. The summed E-state index contributed by atoms with van der Waals surface area (Å²) < 4.78 is 0. The quantitative estimate of drug-likeness (QED) is 0.352. The van der Waals surface area contributed by atoms with Gasteiger partial charge >= 0.3 is 0 Å². The average molecular weight is 404 g/mol. The first-order valence-electron chi connectivity index (χ1n) is 10.8. The first-order valence-corrected chi connectivity index (χ1v) is 10.8. The lowest BCUT2D eigenvalue weighted by Gasteiger charge is -2.15. The molecule has 4 nitrogen and oxygen atoms in total. The van der Waals surface area contributed by atoms with Crippen molar-refractivity contribution in [3.63, 3.8) is 0 Å². The lowest BCUT2D eigenvalue weighted by atomic mass is 9.94. The highest BCUT2D eigenvalue weighted by molar-refractivity contribution is 6.16. The van der Waals surface area contributed by atoms with Crippen molar-refractivity contribution in [1.29, 1.82) is 0 Å². The fourth-order valence-electron chi connectivity index (χ4n) is 4.13. The summed E-state index contributed by atoms with van der Waals surface area (Å²) in [5.74, 6) is 0. The molecule has 0 bridgehead atoms. The third kappa shape index (κ3) is 4.82. The number of allylic oxidation sites excluding steroid dienone is 1. The third-order valence-electron chi connectivity index (χ3n) is 5.53. The smallest absolute Gasteiger partial charge is 0.150 e. The molecule has 0 fully saturated rings. The number of hydrogen-bond donors (Lipinski definition) is 2. The minimum Gasteiger partial charge on any atom is -0.388 e. The standard InChI is InChI=1S/C26H33N3O/c1-5-10-19-11-8-15-24(27-2)26(19)20(18-30)17-25-22(13-9-16-29(3)4)21-12-6-7-14-23(21)28-25/h6-8,11-12,14-15,17-18,27-28H,5,9-10,13,16H2,1-4H3/b20-17+. The van der Waals surface area contributed by atoms with Crippen molar-refractivity contribution < 1.29 is 4.79 Å². The van der Waals surface area contributed by atoms with Gasteiger partial charge in [-0.05, 0) is 69.2 Å². The number of fused-ring (bicyclic) bond motifs is 1. The number of nitrogens with zero attached hydrogens (tertiary/aromatic N) is 1. The van der Waals surface area contributed by atoms with Gasteiger partial charge in [-0.2, -0.15) is 0 Å². The van der Waals surface area contributed by atoms with Gasteiger partial charge in [-0.15, -0.1) is 0 Å². The summed E-state index contributed by atoms with van der Waals surface area (Å²) >= 11 is 0. The summed E-state index contributed by atoms with van der Waals surface area (Å²) in [4.78, 5) is 18.0. The van der Waals surface area contributed by atoms with Gasteiger partial charge in [0.1, 0.15) is 0 Å². The van der Waals surface area contributed by atoms with Crippen LogP contribution in [0.4, 0.5) is 5.69 Å². The number of benzene rings is 2. The van der Waals surface area contributed by atoms with Gasteiger partial charge in [-0.3, -0.25) is 4.79 Å². The van der Waals surface area contributed by atoms with Crippen LogP contribution in [0.5, 0.6) is 0 Å². The van der Waals surface area contributed by atoms with Crippen LogP contribution in [0.3, 0.4) is 0 Å². The van der Waals surface area contributed by atoms with Gasteiger partial charge in [0.2, 0.25) is 0 Å². The molecule has 0 atom stereocenters. The van der Waals surface area contributed by atoms with Crippen molar-refractivity contribution >= 4 is 34.5 Å². The summed E-state index contributed by atoms with van der Waals surface area (Å²) in [5.41, 5.74) is 7.34. The van der Waals surface area contributed by atoms with E-state index in [9.17, 15) is 4.79 Å². The number of para-hydroxylation sites is 1. The Hall–Kier alpha value is -2.85. The summed E-state index contributed by atoms with van der Waals surface area (Å²) in [6, 6.07) is 14.6. The molecule has 0 saturated heterocycles. The fourth-order valence-corrected chi connectivity index (χ4v) is 4.13. The monoisotopic (exact) mass is 403 g/mol. The van der Waals surface area contributed by atoms with Gasteiger partial charge in [0, 0.05) is 40.5 Å². The number of carbonyl (C=O) groups excluding carboxylic acids is 1. The molecule has 0 spiro atoms. The van der Waals surface area contributed by atoms with Crippen LogP contribution in [0.2, 0.25) is 0 Å². The molecule has 0 unspecified atom stereocenters. The van der Waals surface area contributed by atoms with Gasteiger partial charge in [-0.1, -0.05) is 43.7 Å². The van der Waals surface area contributed by atoms with Crippen molar-refractivity contribution in [2.24, 2.45) is 0 Å². The molecule has 3 aromatic rings. The molecule has 0 aliphatic carbocycles. The van der Waals surface area contributed by atoms with Crippen molar-refractivity contribution in [3.8, 4) is 0 Å². The molecule has 4 heteroatoms. The predicted molar refractivity (Wildman–Crippen MR) is 129 cm³/mol. The van der Waals surface area contributed by atoms with E-state index in [-0.39, 0.29) is 0 Å². The van der Waals surface area contributed by atoms with Crippen molar-refractivity contribution in [1.82, 2.24) is 9.88 Å². The van der Waals surface area contributed by atoms with Crippen molar-refractivity contribution in [3.05, 3.63) is 64.8 Å². The van der Waals surface area contributed by atoms with Crippen LogP contribution in [0.1, 0.15) is 42.1 Å². The number of H-pyrrole nitrogens is 1. The molecule has 2 aromatic carbocycles. The highest BCUT2D eigenvalue weighted by atomic mass is 16.1. The van der Waals surface area contributed by atoms with Gasteiger partial charge in [0.15, 0.2) is 6.29 Å². The summed E-state index contributed by atoms with van der Waals surface area (Å²) in [6.45, 7) is 3.20. The van der Waals surface area contributed by atoms with Crippen molar-refractivity contribution in [2.45, 2.75) is 32.6 Å². The Labute approximate surface area is 180 Å². The second-order valence-electron chi connectivity index (χ2n) is 8.03. The molecule has 0 saturated carbocycles. The third-order valence-corrected chi connectivity index (χ3v) is 5.53. The van der Waals surface area contributed by atoms with Crippen LogP contribution in [0.25, 0.3) is 22.6 Å². The van der Waals surface area contributed by atoms with Crippen LogP contribution in [-0.2, 0) is 17.6 Å². The van der Waals surface area contributed by atoms with Crippen LogP contribution < -0.4 is 5.32 Å². The molecule has 0 aliphatic heterocycles. The highest BCUT2D eigenvalue weighted by Crippen LogP contribution is 2.32. The van der Waals surface area contributed by atoms with E-state index in [2.05, 4.69) is 66.6 Å². The Balaban J connectivity index is 2.12. The first-order chi connectivity index (χ1) is 14.6. The molecular weight excluding hydrogens is 370 g/mol. The lowest BCUT2D eigenvalue weighted by Crippen LogP contribution is -2.13. The minimum absolute atomic E-state index is 0.712. The number of aryl methyl sites for hydroxylation is 2. The molecule has 0 amide bonds. The van der Waals surface area contributed by atoms with E-state index in [0.29, 0.717) is 5.57 Å². The van der Waals surface area contributed by atoms with Gasteiger partial charge in [0.25, 0.3) is 0 Å². The minimum atomic E-state index is 0.712. The Morgan fingerprint density at radius 1 is 1.10 bits per heavy atom. The zero-order valence-corrected chi connectivity index (χ0v) is 18.6. The average Bonchev–Trinajstić information content (AvgIpc) is 3.09. The summed E-state index contributed by atoms with van der Waals surface area (Å²) in [6.07, 6.45) is 7.04. The van der Waals surface area contributed by atoms with E-state index >= 15 is 0 Å². The first kappa shape index (κ1) is 21.8. The SMILES string of the molecule is CCCc1cccc(NC)c1/C(C=O)=C/c1[nH]c2ccccc2c1CCCN(C)C. The maximum Gasteiger partial charge on any atom is 0.150 e. The molecule has 0 aliphatic rings. The van der Waals surface area contributed by atoms with Gasteiger partial charge in [0.05, 0.1) is 0 Å². The second kappa shape index (κ2) is 10.3. The Kier molecular flexibility index (Phi) is 7.47. The molecule has 0 radical (unpaired) electrons. The van der Waals surface area contributed by atoms with Crippen LogP contribution >= 0.6 is 0 Å². The van der Waals surface area contributed by atoms with E-state index in [0.717, 1.165) is 61.0 Å². The Morgan fingerprint density at radius 2 is 1.90 bits per heavy atom. The highest BCUT2D eigenvalue weighted by Gasteiger charge is 2.15. The van der Waals surface area contributed by atoms with E-state index in [1.165, 1.54) is 16.5 Å². The maximum absolute atomic E-state index is 12.2. The number of hydrogen-bond acceptors (Lipinski definition) is 3. The topological polar surface area (TPSA) is 48.1 Å². The molecule has 1 aromatic heterocycles. The zero-order valence-electron chi connectivity index (χ0n) is 18.6. The van der Waals surface area contributed by atoms with Gasteiger partial charge < -0.3 is 15.2 Å². The summed E-state index contributed by atoms with van der Waals surface area (Å²) in [7, 11) is 6.11. The number of aldehydes is 1. The van der Waals surface area contributed by atoms with E-state index in [1.807, 2.05) is 25.3 Å². The predicted octanol–water partition coefficient (Wildman–Crippen LogP) is 5.40. The van der Waals surface area contributed by atoms with E-state index < -0.39 is 0 Å². The number of aromatic amines is 1. The second-order valence-corrected chi connectivity index (χ2v) is 8.03. The van der Waals surface area contributed by atoms with Gasteiger partial charge in [-0.25, -0.2) is 0 Å². The van der Waals surface area contributed by atoms with Crippen LogP contribution in [0.15, 0.2) is 42.5 Å². The molecular formula is C26H33N3O. The Morgan fingerprint density at radius 3 is 2.60 bits per heavy atom. The lowest BCUT2D eigenvalue weighted by molar-refractivity contribution is -0.103. The number of anilines is 1.